The number of thiazole rings is 1. The van der Waals surface area contributed by atoms with E-state index in [-0.39, 0.29) is 12.5 Å². The molecule has 5 nitrogen and oxygen atoms in total. The molecule has 0 radical (unpaired) electrons. The Morgan fingerprint density at radius 1 is 1.33 bits per heavy atom. The van der Waals surface area contributed by atoms with Crippen molar-refractivity contribution in [2.75, 3.05) is 17.7 Å². The van der Waals surface area contributed by atoms with E-state index in [1.165, 1.54) is 11.3 Å². The number of aryl methyl sites for hydroxylation is 1. The molecule has 0 spiro atoms. The second-order valence-electron chi connectivity index (χ2n) is 5.10. The molecular weight excluding hydrogens is 369 g/mol. The number of nitrogens with two attached hydrogens (primary N) is 1. The number of anilines is 2. The number of aromatic nitrogens is 1. The molecule has 0 fully saturated rings. The molecule has 3 N–H and O–H groups in total. The van der Waals surface area contributed by atoms with Crippen molar-refractivity contribution in [1.29, 1.82) is 0 Å². The summed E-state index contributed by atoms with van der Waals surface area (Å²) in [6.45, 7) is 1.74. The number of carbonyl (C=O) groups excluding carboxylic acids is 1. The first-order valence-corrected chi connectivity index (χ1v) is 8.54. The lowest BCUT2D eigenvalue weighted by Gasteiger charge is -2.10. The van der Waals surface area contributed by atoms with Gasteiger partial charge in [0.15, 0.2) is 11.7 Å². The van der Waals surface area contributed by atoms with E-state index >= 15 is 0 Å². The van der Waals surface area contributed by atoms with Gasteiger partial charge in [-0.15, -0.1) is 0 Å². The molecule has 1 heterocycles. The highest BCUT2D eigenvalue weighted by Crippen LogP contribution is 2.32. The average Bonchev–Trinajstić information content (AvgIpc) is 2.87. The van der Waals surface area contributed by atoms with E-state index in [1.807, 2.05) is 6.92 Å². The van der Waals surface area contributed by atoms with E-state index in [0.29, 0.717) is 32.1 Å². The van der Waals surface area contributed by atoms with E-state index in [9.17, 15) is 4.79 Å². The van der Waals surface area contributed by atoms with Crippen LogP contribution in [0.5, 0.6) is 5.75 Å². The first-order valence-electron chi connectivity index (χ1n) is 6.97. The van der Waals surface area contributed by atoms with Crippen molar-refractivity contribution >= 4 is 61.5 Å². The van der Waals surface area contributed by atoms with Crippen LogP contribution in [0, 0.1) is 6.92 Å². The van der Waals surface area contributed by atoms with Gasteiger partial charge in [-0.2, -0.15) is 0 Å². The highest BCUT2D eigenvalue weighted by molar-refractivity contribution is 7.22. The maximum absolute atomic E-state index is 12.1. The third-order valence-corrected chi connectivity index (χ3v) is 4.60. The summed E-state index contributed by atoms with van der Waals surface area (Å²) in [5.41, 5.74) is 7.74. The molecule has 0 atom stereocenters. The van der Waals surface area contributed by atoms with Crippen molar-refractivity contribution < 1.29 is 9.53 Å². The molecule has 2 aromatic carbocycles. The molecule has 124 valence electrons. The number of hydrogen-bond donors (Lipinski definition) is 2. The second-order valence-corrected chi connectivity index (χ2v) is 7.01. The zero-order chi connectivity index (χ0) is 17.3. The van der Waals surface area contributed by atoms with Gasteiger partial charge < -0.3 is 15.8 Å². The Balaban J connectivity index is 1.68. The van der Waals surface area contributed by atoms with Gasteiger partial charge in [0.2, 0.25) is 0 Å². The number of nitrogen functional groups attached to an aromatic ring is 1. The Morgan fingerprint density at radius 3 is 2.88 bits per heavy atom. The smallest absolute Gasteiger partial charge is 0.262 e. The summed E-state index contributed by atoms with van der Waals surface area (Å²) >= 11 is 13.4. The molecular formula is C16H13Cl2N3O2S. The lowest BCUT2D eigenvalue weighted by Crippen LogP contribution is -2.20. The van der Waals surface area contributed by atoms with Gasteiger partial charge in [0.05, 0.1) is 9.72 Å². The zero-order valence-electron chi connectivity index (χ0n) is 12.6. The number of hydrogen-bond acceptors (Lipinski definition) is 5. The molecule has 0 aliphatic heterocycles. The topological polar surface area (TPSA) is 77.2 Å². The number of nitrogens with zero attached hydrogens (tertiary/aromatic N) is 1. The number of ether oxygens (including phenoxy) is 1. The summed E-state index contributed by atoms with van der Waals surface area (Å²) in [5, 5.41) is 4.23. The summed E-state index contributed by atoms with van der Waals surface area (Å²) in [5.74, 6) is 0.315. The van der Waals surface area contributed by atoms with E-state index in [0.717, 1.165) is 10.3 Å². The summed E-state index contributed by atoms with van der Waals surface area (Å²) in [6.07, 6.45) is 0. The molecule has 8 heteroatoms. The molecule has 1 amide bonds. The molecule has 0 aliphatic rings. The molecule has 0 bridgehead atoms. The Kier molecular flexibility index (Phi) is 4.80. The van der Waals surface area contributed by atoms with Crippen LogP contribution in [0.1, 0.15) is 5.56 Å². The highest BCUT2D eigenvalue weighted by atomic mass is 35.5. The Labute approximate surface area is 152 Å². The monoisotopic (exact) mass is 381 g/mol. The molecule has 24 heavy (non-hydrogen) atoms. The van der Waals surface area contributed by atoms with Gasteiger partial charge in [0, 0.05) is 10.7 Å². The summed E-state index contributed by atoms with van der Waals surface area (Å²) in [6, 6.07) is 8.63. The highest BCUT2D eigenvalue weighted by Gasteiger charge is 2.11. The lowest BCUT2D eigenvalue weighted by atomic mass is 10.2. The van der Waals surface area contributed by atoms with Crippen LogP contribution in [-0.4, -0.2) is 17.5 Å². The molecule has 1 aromatic heterocycles. The van der Waals surface area contributed by atoms with E-state index in [4.69, 9.17) is 33.7 Å². The van der Waals surface area contributed by atoms with Gasteiger partial charge in [-0.25, -0.2) is 4.98 Å². The number of carbonyl (C=O) groups is 1. The standard InChI is InChI=1S/C16H13Cl2N3O2S/c1-8-4-9(17)2-3-12(8)23-7-14(22)20-10-5-11(18)15-13(6-10)24-16(19)21-15/h2-6H,7H2,1H3,(H2,19,21)(H,20,22). The lowest BCUT2D eigenvalue weighted by molar-refractivity contribution is -0.118. The predicted octanol–water partition coefficient (Wildman–Crippen LogP) is 4.51. The van der Waals surface area contributed by atoms with Gasteiger partial charge >= 0.3 is 0 Å². The summed E-state index contributed by atoms with van der Waals surface area (Å²) in [4.78, 5) is 16.2. The third-order valence-electron chi connectivity index (χ3n) is 3.24. The minimum atomic E-state index is -0.294. The molecule has 0 unspecified atom stereocenters. The van der Waals surface area contributed by atoms with Gasteiger partial charge in [0.1, 0.15) is 11.3 Å². The van der Waals surface area contributed by atoms with E-state index < -0.39 is 0 Å². The maximum atomic E-state index is 12.1. The fourth-order valence-electron chi connectivity index (χ4n) is 2.19. The number of halogens is 2. The zero-order valence-corrected chi connectivity index (χ0v) is 14.9. The number of amides is 1. The van der Waals surface area contributed by atoms with Crippen molar-refractivity contribution in [3.8, 4) is 5.75 Å². The predicted molar refractivity (Wildman–Crippen MR) is 99.4 cm³/mol. The van der Waals surface area contributed by atoms with Gasteiger partial charge in [-0.1, -0.05) is 34.5 Å². The first kappa shape index (κ1) is 16.8. The summed E-state index contributed by atoms with van der Waals surface area (Å²) < 4.78 is 6.32. The number of benzene rings is 2. The van der Waals surface area contributed by atoms with Crippen molar-refractivity contribution in [3.63, 3.8) is 0 Å². The van der Waals surface area contributed by atoms with Crippen LogP contribution < -0.4 is 15.8 Å². The van der Waals surface area contributed by atoms with Gasteiger partial charge in [0.25, 0.3) is 5.91 Å². The van der Waals surface area contributed by atoms with E-state index in [1.54, 1.807) is 30.3 Å². The first-order chi connectivity index (χ1) is 11.4. The van der Waals surface area contributed by atoms with Crippen LogP contribution in [0.15, 0.2) is 30.3 Å². The van der Waals surface area contributed by atoms with Crippen LogP contribution in [0.2, 0.25) is 10.0 Å². The average molecular weight is 382 g/mol. The van der Waals surface area contributed by atoms with Crippen molar-refractivity contribution in [3.05, 3.63) is 45.9 Å². The molecule has 0 aliphatic carbocycles. The number of nitrogens with one attached hydrogen (secondary N) is 1. The van der Waals surface area contributed by atoms with Crippen LogP contribution in [0.25, 0.3) is 10.2 Å². The molecule has 3 aromatic rings. The molecule has 0 saturated carbocycles. The fourth-order valence-corrected chi connectivity index (χ4v) is 3.54. The maximum Gasteiger partial charge on any atom is 0.262 e. The van der Waals surface area contributed by atoms with Crippen molar-refractivity contribution in [2.24, 2.45) is 0 Å². The van der Waals surface area contributed by atoms with Crippen LogP contribution in [0.4, 0.5) is 10.8 Å². The SMILES string of the molecule is Cc1cc(Cl)ccc1OCC(=O)Nc1cc(Cl)c2nc(N)sc2c1. The van der Waals surface area contributed by atoms with Crippen molar-refractivity contribution in [2.45, 2.75) is 6.92 Å². The minimum absolute atomic E-state index is 0.122. The third kappa shape index (κ3) is 3.72. The summed E-state index contributed by atoms with van der Waals surface area (Å²) in [7, 11) is 0. The van der Waals surface area contributed by atoms with Gasteiger partial charge in [-0.3, -0.25) is 4.79 Å². The number of fused-ring (bicyclic) bond motifs is 1. The Morgan fingerprint density at radius 2 is 2.12 bits per heavy atom. The minimum Gasteiger partial charge on any atom is -0.483 e. The van der Waals surface area contributed by atoms with Crippen LogP contribution in [-0.2, 0) is 4.79 Å². The Hall–Kier alpha value is -2.02. The van der Waals surface area contributed by atoms with Crippen LogP contribution in [0.3, 0.4) is 0 Å². The van der Waals surface area contributed by atoms with Gasteiger partial charge in [-0.05, 0) is 42.8 Å². The molecule has 3 rings (SSSR count). The van der Waals surface area contributed by atoms with E-state index in [2.05, 4.69) is 10.3 Å². The normalized spacial score (nSPS) is 10.8. The molecule has 0 saturated heterocycles. The Bertz CT molecular complexity index is 927. The fraction of sp³-hybridized carbons (Fsp3) is 0.125. The quantitative estimate of drug-likeness (QED) is 0.696. The number of rotatable bonds is 4. The van der Waals surface area contributed by atoms with Crippen LogP contribution >= 0.6 is 34.5 Å². The second kappa shape index (κ2) is 6.84. The largest absolute Gasteiger partial charge is 0.483 e. The van der Waals surface area contributed by atoms with Crippen molar-refractivity contribution in [1.82, 2.24) is 4.98 Å².